The number of nitrogens with two attached hydrogens (primary N) is 1. The number of hydrogen-bond acceptors (Lipinski definition) is 7. The zero-order valence-corrected chi connectivity index (χ0v) is 24.0. The summed E-state index contributed by atoms with van der Waals surface area (Å²) in [5, 5.41) is 18.2. The molecule has 0 unspecified atom stereocenters. The average Bonchev–Trinajstić information content (AvgIpc) is 2.94. The number of nitrogens with zero attached hydrogens (tertiary/aromatic N) is 1. The van der Waals surface area contributed by atoms with Crippen LogP contribution in [-0.2, 0) is 35.4 Å². The fraction of sp³-hybridized carbons (Fsp3) is 0.357. The van der Waals surface area contributed by atoms with Gasteiger partial charge in [0.2, 0.25) is 11.8 Å². The Morgan fingerprint density at radius 1 is 0.977 bits per heavy atom. The first-order valence-corrected chi connectivity index (χ1v) is 14.7. The molecule has 1 heterocycles. The van der Waals surface area contributed by atoms with Crippen LogP contribution in [-0.4, -0.2) is 72.2 Å². The van der Waals surface area contributed by atoms with Crippen molar-refractivity contribution >= 4 is 39.3 Å². The van der Waals surface area contributed by atoms with Crippen LogP contribution in [0, 0.1) is 23.4 Å². The molecule has 0 spiro atoms. The van der Waals surface area contributed by atoms with Gasteiger partial charge >= 0.3 is 11.9 Å². The first kappa shape index (κ1) is 35.0. The van der Waals surface area contributed by atoms with Crippen LogP contribution in [0.15, 0.2) is 53.4 Å². The minimum Gasteiger partial charge on any atom is -0.478 e. The van der Waals surface area contributed by atoms with Gasteiger partial charge in [-0.25, -0.2) is 31.2 Å². The maximum absolute atomic E-state index is 13.9. The first-order chi connectivity index (χ1) is 20.1. The molecule has 3 rings (SSSR count). The third-order valence-corrected chi connectivity index (χ3v) is 8.26. The van der Waals surface area contributed by atoms with Crippen molar-refractivity contribution in [3.05, 3.63) is 71.6 Å². The lowest BCUT2D eigenvalue weighted by Crippen LogP contribution is -2.44. The van der Waals surface area contributed by atoms with Gasteiger partial charge in [0.15, 0.2) is 21.5 Å². The summed E-state index contributed by atoms with van der Waals surface area (Å²) in [6, 6.07) is 6.56. The molecule has 1 aliphatic heterocycles. The van der Waals surface area contributed by atoms with E-state index in [2.05, 4.69) is 5.32 Å². The lowest BCUT2D eigenvalue weighted by Gasteiger charge is -2.35. The van der Waals surface area contributed by atoms with Gasteiger partial charge in [-0.05, 0) is 61.1 Å². The minimum atomic E-state index is -3.68. The number of carbonyl (C=O) groups excluding carboxylic acids is 2. The number of halogens is 3. The molecule has 15 heteroatoms. The zero-order valence-electron chi connectivity index (χ0n) is 23.1. The number of likely N-dealkylation sites (tertiary alicyclic amines) is 1. The van der Waals surface area contributed by atoms with Crippen molar-refractivity contribution in [1.82, 2.24) is 4.90 Å². The lowest BCUT2D eigenvalue weighted by molar-refractivity contribution is -0.134. The SMILES string of the molecule is CC(=O)Nc1ccc(S(=O)(=O)CCC(=O)N2CCC([C@H](N)Cc3cc(F)c(F)cc3F)CC2)cc1.O=C(O)/C=C\C(=O)O. The van der Waals surface area contributed by atoms with E-state index in [1.54, 1.807) is 4.90 Å². The summed E-state index contributed by atoms with van der Waals surface area (Å²) >= 11 is 0. The van der Waals surface area contributed by atoms with E-state index in [0.29, 0.717) is 49.8 Å². The molecule has 2 aromatic rings. The summed E-state index contributed by atoms with van der Waals surface area (Å²) < 4.78 is 65.6. The van der Waals surface area contributed by atoms with Gasteiger partial charge in [-0.3, -0.25) is 9.59 Å². The van der Waals surface area contributed by atoms with Crippen molar-refractivity contribution in [1.29, 1.82) is 0 Å². The number of piperidine rings is 1. The number of benzene rings is 2. The highest BCUT2D eigenvalue weighted by Crippen LogP contribution is 2.24. The molecule has 2 aromatic carbocycles. The number of hydrogen-bond donors (Lipinski definition) is 4. The number of aliphatic carboxylic acids is 2. The molecule has 0 radical (unpaired) electrons. The number of rotatable bonds is 10. The summed E-state index contributed by atoms with van der Waals surface area (Å²) in [6.07, 6.45) is 2.06. The molecule has 11 nitrogen and oxygen atoms in total. The molecule has 1 saturated heterocycles. The molecule has 2 amide bonds. The molecule has 1 atom stereocenters. The van der Waals surface area contributed by atoms with Gasteiger partial charge in [0.05, 0.1) is 10.6 Å². The van der Waals surface area contributed by atoms with Crippen LogP contribution in [0.3, 0.4) is 0 Å². The Morgan fingerprint density at radius 3 is 2.02 bits per heavy atom. The Hall–Kier alpha value is -4.24. The molecule has 1 fully saturated rings. The molecule has 0 aromatic heterocycles. The van der Waals surface area contributed by atoms with Gasteiger partial charge in [-0.15, -0.1) is 0 Å². The van der Waals surface area contributed by atoms with Crippen molar-refractivity contribution in [2.24, 2.45) is 11.7 Å². The van der Waals surface area contributed by atoms with Gasteiger partial charge in [-0.2, -0.15) is 0 Å². The number of carboxylic acid groups (broad SMARTS) is 2. The molecule has 0 aliphatic carbocycles. The van der Waals surface area contributed by atoms with E-state index in [1.807, 2.05) is 0 Å². The predicted octanol–water partition coefficient (Wildman–Crippen LogP) is 2.75. The third-order valence-electron chi connectivity index (χ3n) is 6.53. The van der Waals surface area contributed by atoms with Gasteiger partial charge in [0.25, 0.3) is 0 Å². The fourth-order valence-electron chi connectivity index (χ4n) is 4.31. The van der Waals surface area contributed by atoms with Crippen LogP contribution in [0.4, 0.5) is 18.9 Å². The molecule has 0 saturated carbocycles. The number of carbonyl (C=O) groups is 4. The summed E-state index contributed by atoms with van der Waals surface area (Å²) in [5.41, 5.74) is 6.67. The molecule has 5 N–H and O–H groups in total. The summed E-state index contributed by atoms with van der Waals surface area (Å²) in [6.45, 7) is 2.10. The van der Waals surface area contributed by atoms with Gasteiger partial charge in [0.1, 0.15) is 5.82 Å². The van der Waals surface area contributed by atoms with E-state index < -0.39 is 45.3 Å². The van der Waals surface area contributed by atoms with Crippen LogP contribution < -0.4 is 11.1 Å². The largest absolute Gasteiger partial charge is 0.478 e. The first-order valence-electron chi connectivity index (χ1n) is 13.0. The van der Waals surface area contributed by atoms with Gasteiger partial charge < -0.3 is 26.2 Å². The highest BCUT2D eigenvalue weighted by molar-refractivity contribution is 7.91. The van der Waals surface area contributed by atoms with E-state index in [-0.39, 0.29) is 46.8 Å². The van der Waals surface area contributed by atoms with Crippen LogP contribution in [0.5, 0.6) is 0 Å². The number of carboxylic acids is 2. The minimum absolute atomic E-state index is 0.00483. The van der Waals surface area contributed by atoms with E-state index in [0.717, 1.165) is 6.07 Å². The van der Waals surface area contributed by atoms with Crippen LogP contribution >= 0.6 is 0 Å². The Bertz CT molecular complexity index is 1440. The monoisotopic (exact) mass is 627 g/mol. The standard InChI is InChI=1S/C24H28F3N3O4S.C4H4O4/c1-15(31)29-18-2-4-19(5-3-18)35(33,34)11-8-24(32)30-9-6-16(7-10-30)23(28)13-17-12-21(26)22(27)14-20(17)25;5-3(6)1-2-4(7)8/h2-5,12,14,16,23H,6-11,13,28H2,1H3,(H,29,31);1-2H,(H,5,6)(H,7,8)/b;2-1-/t23-;/m1./s1. The Labute approximate surface area is 246 Å². The van der Waals surface area contributed by atoms with Crippen molar-refractivity contribution < 1.29 is 51.0 Å². The van der Waals surface area contributed by atoms with Crippen molar-refractivity contribution in [2.75, 3.05) is 24.2 Å². The summed E-state index contributed by atoms with van der Waals surface area (Å²) in [7, 11) is -3.68. The van der Waals surface area contributed by atoms with Crippen molar-refractivity contribution in [3.8, 4) is 0 Å². The van der Waals surface area contributed by atoms with E-state index >= 15 is 0 Å². The highest BCUT2D eigenvalue weighted by atomic mass is 32.2. The van der Waals surface area contributed by atoms with Crippen molar-refractivity contribution in [3.63, 3.8) is 0 Å². The van der Waals surface area contributed by atoms with Crippen LogP contribution in [0.25, 0.3) is 0 Å². The molecular formula is C28H32F3N3O8S. The average molecular weight is 628 g/mol. The molecule has 234 valence electrons. The Kier molecular flexibility index (Phi) is 12.9. The molecule has 1 aliphatic rings. The van der Waals surface area contributed by atoms with E-state index in [4.69, 9.17) is 15.9 Å². The smallest absolute Gasteiger partial charge is 0.328 e. The van der Waals surface area contributed by atoms with Crippen LogP contribution in [0.2, 0.25) is 0 Å². The van der Waals surface area contributed by atoms with Crippen molar-refractivity contribution in [2.45, 2.75) is 43.5 Å². The number of amides is 2. The zero-order chi connectivity index (χ0) is 32.3. The predicted molar refractivity (Wildman–Crippen MR) is 149 cm³/mol. The Morgan fingerprint density at radius 2 is 1.51 bits per heavy atom. The highest BCUT2D eigenvalue weighted by Gasteiger charge is 2.28. The molecule has 43 heavy (non-hydrogen) atoms. The number of sulfone groups is 1. The number of anilines is 1. The second-order valence-corrected chi connectivity index (χ2v) is 11.8. The molecular weight excluding hydrogens is 595 g/mol. The third kappa shape index (κ3) is 11.5. The maximum atomic E-state index is 13.9. The van der Waals surface area contributed by atoms with Gasteiger partial charge in [0, 0.05) is 56.4 Å². The second-order valence-electron chi connectivity index (χ2n) is 9.73. The second kappa shape index (κ2) is 15.8. The summed E-state index contributed by atoms with van der Waals surface area (Å²) in [5.74, 6) is -6.70. The maximum Gasteiger partial charge on any atom is 0.328 e. The van der Waals surface area contributed by atoms with Gasteiger partial charge in [-0.1, -0.05) is 0 Å². The van der Waals surface area contributed by atoms with Crippen LogP contribution in [0.1, 0.15) is 31.7 Å². The van der Waals surface area contributed by atoms with E-state index in [1.165, 1.54) is 31.2 Å². The normalized spacial score (nSPS) is 14.5. The van der Waals surface area contributed by atoms with E-state index in [9.17, 15) is 40.8 Å². The molecule has 0 bridgehead atoms. The summed E-state index contributed by atoms with van der Waals surface area (Å²) in [4.78, 5) is 44.4. The lowest BCUT2D eigenvalue weighted by atomic mass is 9.86. The topological polar surface area (TPSA) is 184 Å². The number of nitrogens with one attached hydrogen (secondary N) is 1. The quantitative estimate of drug-likeness (QED) is 0.227. The Balaban J connectivity index is 0.000000708. The fourth-order valence-corrected chi connectivity index (χ4v) is 5.54.